The van der Waals surface area contributed by atoms with Gasteiger partial charge in [0.2, 0.25) is 5.91 Å². The van der Waals surface area contributed by atoms with Gasteiger partial charge in [0.15, 0.2) is 5.78 Å². The zero-order valence-electron chi connectivity index (χ0n) is 18.0. The van der Waals surface area contributed by atoms with Gasteiger partial charge in [0.1, 0.15) is 17.2 Å². The van der Waals surface area contributed by atoms with Crippen molar-refractivity contribution in [1.29, 1.82) is 0 Å². The first kappa shape index (κ1) is 20.5. The maximum Gasteiger partial charge on any atom is 0.246 e. The summed E-state index contributed by atoms with van der Waals surface area (Å²) in [6.45, 7) is 6.10. The molecule has 1 fully saturated rings. The number of hydrogen-bond acceptors (Lipinski definition) is 6. The minimum atomic E-state index is -0.144. The fourth-order valence-corrected chi connectivity index (χ4v) is 4.19. The van der Waals surface area contributed by atoms with E-state index in [4.69, 9.17) is 10.8 Å². The summed E-state index contributed by atoms with van der Waals surface area (Å²) in [5.74, 6) is 6.22. The highest BCUT2D eigenvalue weighted by Gasteiger charge is 2.30. The lowest BCUT2D eigenvalue weighted by atomic mass is 10.1. The second-order valence-corrected chi connectivity index (χ2v) is 7.92. The van der Waals surface area contributed by atoms with Crippen LogP contribution in [-0.4, -0.2) is 53.8 Å². The predicted molar refractivity (Wildman–Crippen MR) is 124 cm³/mol. The number of likely N-dealkylation sites (tertiary alicyclic amines) is 1. The van der Waals surface area contributed by atoms with Crippen molar-refractivity contribution in [3.05, 3.63) is 66.4 Å². The highest BCUT2D eigenvalue weighted by molar-refractivity contribution is 6.09. The molecule has 0 unspecified atom stereocenters. The van der Waals surface area contributed by atoms with E-state index in [1.165, 1.54) is 19.2 Å². The van der Waals surface area contributed by atoms with Crippen molar-refractivity contribution in [1.82, 2.24) is 29.0 Å². The van der Waals surface area contributed by atoms with Gasteiger partial charge in [-0.3, -0.25) is 14.3 Å². The first-order valence-electron chi connectivity index (χ1n) is 10.5. The fraction of sp³-hybridized carbons (Fsp3) is 0.208. The molecule has 0 radical (unpaired) electrons. The standard InChI is InChI=1S/C24H21N7O2/c1-3-21(33)30-10-7-17(14-30)31-23-18(15(2)32)13-27-24(25)22(23)19(28-31)5-4-16-6-9-29-11-8-26-20(29)12-16/h3,6,8-9,11-13,17H,1,7,10,14H2,2H3,(H2,25,27)/t17-/m0/s1. The van der Waals surface area contributed by atoms with Crippen molar-refractivity contribution in [2.75, 3.05) is 18.8 Å². The molecule has 4 aromatic heterocycles. The Morgan fingerprint density at radius 2 is 2.12 bits per heavy atom. The molecular weight excluding hydrogens is 418 g/mol. The SMILES string of the molecule is C=CC(=O)N1CC[C@H](n2nc(C#Cc3ccn4ccnc4c3)c3c(N)ncc(C(C)=O)c32)C1. The number of rotatable bonds is 3. The quantitative estimate of drug-likeness (QED) is 0.298. The smallest absolute Gasteiger partial charge is 0.246 e. The van der Waals surface area contributed by atoms with Crippen LogP contribution in [0.3, 0.4) is 0 Å². The lowest BCUT2D eigenvalue weighted by molar-refractivity contribution is -0.125. The van der Waals surface area contributed by atoms with E-state index in [1.807, 2.05) is 28.9 Å². The Labute approximate surface area is 189 Å². The van der Waals surface area contributed by atoms with Gasteiger partial charge in [0.25, 0.3) is 0 Å². The molecule has 1 amide bonds. The molecule has 0 bridgehead atoms. The molecule has 5 heterocycles. The van der Waals surface area contributed by atoms with E-state index in [9.17, 15) is 9.59 Å². The van der Waals surface area contributed by atoms with E-state index in [-0.39, 0.29) is 23.6 Å². The van der Waals surface area contributed by atoms with E-state index >= 15 is 0 Å². The second kappa shape index (κ2) is 7.91. The molecule has 0 aromatic carbocycles. The molecule has 1 saturated heterocycles. The Morgan fingerprint density at radius 1 is 1.27 bits per heavy atom. The molecule has 0 spiro atoms. The number of nitrogen functional groups attached to an aromatic ring is 1. The van der Waals surface area contributed by atoms with Crippen molar-refractivity contribution >= 4 is 34.1 Å². The van der Waals surface area contributed by atoms with E-state index in [0.29, 0.717) is 41.7 Å². The van der Waals surface area contributed by atoms with Crippen LogP contribution >= 0.6 is 0 Å². The first-order chi connectivity index (χ1) is 16.0. The molecule has 9 nitrogen and oxygen atoms in total. The summed E-state index contributed by atoms with van der Waals surface area (Å²) >= 11 is 0. The normalized spacial score (nSPS) is 15.5. The largest absolute Gasteiger partial charge is 0.383 e. The summed E-state index contributed by atoms with van der Waals surface area (Å²) in [7, 11) is 0. The highest BCUT2D eigenvalue weighted by Crippen LogP contribution is 2.32. The topological polar surface area (TPSA) is 111 Å². The summed E-state index contributed by atoms with van der Waals surface area (Å²) < 4.78 is 3.68. The van der Waals surface area contributed by atoms with Crippen molar-refractivity contribution in [3.63, 3.8) is 0 Å². The van der Waals surface area contributed by atoms with E-state index < -0.39 is 0 Å². The van der Waals surface area contributed by atoms with Gasteiger partial charge >= 0.3 is 0 Å². The van der Waals surface area contributed by atoms with Crippen molar-refractivity contribution in [2.45, 2.75) is 19.4 Å². The molecule has 4 aromatic rings. The molecule has 1 aliphatic heterocycles. The van der Waals surface area contributed by atoms with Gasteiger partial charge in [0, 0.05) is 43.4 Å². The molecule has 9 heteroatoms. The van der Waals surface area contributed by atoms with Gasteiger partial charge in [-0.2, -0.15) is 5.10 Å². The first-order valence-corrected chi connectivity index (χ1v) is 10.5. The number of carbonyl (C=O) groups excluding carboxylic acids is 2. The molecule has 2 N–H and O–H groups in total. The number of imidazole rings is 1. The summed E-state index contributed by atoms with van der Waals surface area (Å²) in [6.07, 6.45) is 8.94. The van der Waals surface area contributed by atoms with Crippen LogP contribution < -0.4 is 5.73 Å². The van der Waals surface area contributed by atoms with Crippen LogP contribution in [0.1, 0.15) is 41.0 Å². The number of fused-ring (bicyclic) bond motifs is 2. The molecule has 164 valence electrons. The van der Waals surface area contributed by atoms with Crippen LogP contribution in [0.5, 0.6) is 0 Å². The van der Waals surface area contributed by atoms with Crippen molar-refractivity contribution in [3.8, 4) is 11.8 Å². The zero-order valence-corrected chi connectivity index (χ0v) is 18.0. The third kappa shape index (κ3) is 3.51. The number of hydrogen-bond donors (Lipinski definition) is 1. The number of pyridine rings is 2. The van der Waals surface area contributed by atoms with Crippen molar-refractivity contribution in [2.24, 2.45) is 0 Å². The molecule has 1 aliphatic rings. The summed E-state index contributed by atoms with van der Waals surface area (Å²) in [5.41, 5.74) is 9.25. The fourth-order valence-electron chi connectivity index (χ4n) is 4.19. The van der Waals surface area contributed by atoms with E-state index in [0.717, 1.165) is 11.2 Å². The molecule has 33 heavy (non-hydrogen) atoms. The van der Waals surface area contributed by atoms with Crippen LogP contribution in [0.4, 0.5) is 5.82 Å². The second-order valence-electron chi connectivity index (χ2n) is 7.92. The van der Waals surface area contributed by atoms with Crippen molar-refractivity contribution < 1.29 is 9.59 Å². The average Bonchev–Trinajstić information content (AvgIpc) is 3.55. The predicted octanol–water partition coefficient (Wildman–Crippen LogP) is 2.22. The molecule has 5 rings (SSSR count). The van der Waals surface area contributed by atoms with E-state index in [1.54, 1.807) is 15.8 Å². The Hall–Kier alpha value is -4.45. The third-order valence-electron chi connectivity index (χ3n) is 5.85. The average molecular weight is 439 g/mol. The van der Waals surface area contributed by atoms with Gasteiger partial charge in [-0.15, -0.1) is 0 Å². The van der Waals surface area contributed by atoms with Gasteiger partial charge in [0.05, 0.1) is 22.5 Å². The number of amides is 1. The van der Waals surface area contributed by atoms with Crippen LogP contribution in [-0.2, 0) is 4.79 Å². The monoisotopic (exact) mass is 439 g/mol. The summed E-state index contributed by atoms with van der Waals surface area (Å²) in [5, 5.41) is 5.30. The number of carbonyl (C=O) groups is 2. The zero-order chi connectivity index (χ0) is 23.1. The molecule has 1 atom stereocenters. The molecule has 0 saturated carbocycles. The maximum atomic E-state index is 12.4. The van der Waals surface area contributed by atoms with E-state index in [2.05, 4.69) is 28.4 Å². The van der Waals surface area contributed by atoms with Gasteiger partial charge < -0.3 is 15.0 Å². The molecule has 0 aliphatic carbocycles. The Bertz CT molecular complexity index is 1500. The Balaban J connectivity index is 1.64. The number of nitrogens with two attached hydrogens (primary N) is 1. The highest BCUT2D eigenvalue weighted by atomic mass is 16.2. The van der Waals surface area contributed by atoms with Gasteiger partial charge in [-0.05, 0) is 37.5 Å². The van der Waals surface area contributed by atoms with Crippen LogP contribution in [0.15, 0.2) is 49.6 Å². The summed E-state index contributed by atoms with van der Waals surface area (Å²) in [6, 6.07) is 3.65. The maximum absolute atomic E-state index is 12.4. The summed E-state index contributed by atoms with van der Waals surface area (Å²) in [4.78, 5) is 34.7. The Kier molecular flexibility index (Phi) is 4.90. The minimum absolute atomic E-state index is 0.117. The number of aromatic nitrogens is 5. The lowest BCUT2D eigenvalue weighted by Gasteiger charge is -2.16. The van der Waals surface area contributed by atoms with Crippen LogP contribution in [0.2, 0.25) is 0 Å². The Morgan fingerprint density at radius 3 is 2.91 bits per heavy atom. The number of anilines is 1. The minimum Gasteiger partial charge on any atom is -0.383 e. The lowest BCUT2D eigenvalue weighted by Crippen LogP contribution is -2.27. The van der Waals surface area contributed by atoms with Crippen LogP contribution in [0, 0.1) is 11.8 Å². The molecular formula is C24H21N7O2. The third-order valence-corrected chi connectivity index (χ3v) is 5.85. The number of nitrogens with zero attached hydrogens (tertiary/aromatic N) is 6. The van der Waals surface area contributed by atoms with Crippen LogP contribution in [0.25, 0.3) is 16.6 Å². The number of Topliss-reactive ketones (excluding diaryl/α,β-unsaturated/α-hetero) is 1. The number of ketones is 1. The van der Waals surface area contributed by atoms with Gasteiger partial charge in [-0.25, -0.2) is 9.97 Å². The van der Waals surface area contributed by atoms with Gasteiger partial charge in [-0.1, -0.05) is 12.5 Å².